The van der Waals surface area contributed by atoms with E-state index in [1.165, 1.54) is 27.2 Å². The molecule has 2 aromatic rings. The number of aromatic carboxylic acids is 1. The van der Waals surface area contributed by atoms with E-state index in [9.17, 15) is 19.8 Å². The van der Waals surface area contributed by atoms with Gasteiger partial charge in [-0.05, 0) is 48.3 Å². The fraction of sp³-hybridized carbons (Fsp3) is 0.300. The van der Waals surface area contributed by atoms with Crippen LogP contribution in [-0.4, -0.2) is 43.2 Å². The summed E-state index contributed by atoms with van der Waals surface area (Å²) in [5, 5.41) is 19.6. The molecule has 0 radical (unpaired) electrons. The average Bonchev–Trinajstić information content (AvgIpc) is 2.67. The molecule has 8 nitrogen and oxygen atoms in total. The van der Waals surface area contributed by atoms with Crippen molar-refractivity contribution in [2.75, 3.05) is 21.0 Å². The van der Waals surface area contributed by atoms with Gasteiger partial charge in [-0.15, -0.1) is 0 Å². The molecule has 29 heavy (non-hydrogen) atoms. The number of carbonyl (C=O) groups is 2. The number of ether oxygens (including phenoxy) is 4. The summed E-state index contributed by atoms with van der Waals surface area (Å²) in [7, 11) is 2.90. The Morgan fingerprint density at radius 2 is 1.72 bits per heavy atom. The first kappa shape index (κ1) is 22.5. The summed E-state index contributed by atoms with van der Waals surface area (Å²) in [6.45, 7) is 4.78. The highest BCUT2D eigenvalue weighted by molar-refractivity contribution is 9.10. The molecule has 0 aliphatic heterocycles. The van der Waals surface area contributed by atoms with Crippen LogP contribution in [0.1, 0.15) is 37.4 Å². The number of hydrogen-bond acceptors (Lipinski definition) is 7. The molecule has 0 heterocycles. The van der Waals surface area contributed by atoms with E-state index in [0.717, 1.165) is 0 Å². The zero-order valence-electron chi connectivity index (χ0n) is 16.6. The number of aromatic hydroxyl groups is 1. The third-order valence-electron chi connectivity index (χ3n) is 4.27. The fourth-order valence-corrected chi connectivity index (χ4v) is 3.35. The average molecular weight is 469 g/mol. The Bertz CT molecular complexity index is 939. The van der Waals surface area contributed by atoms with Gasteiger partial charge in [0.2, 0.25) is 0 Å². The highest BCUT2D eigenvalue weighted by Crippen LogP contribution is 2.41. The van der Waals surface area contributed by atoms with E-state index in [1.807, 2.05) is 0 Å². The molecular formula is C20H21BrO8. The summed E-state index contributed by atoms with van der Waals surface area (Å²) in [6.07, 6.45) is 0. The number of carboxylic acid groups (broad SMARTS) is 1. The summed E-state index contributed by atoms with van der Waals surface area (Å²) >= 11 is 3.15. The first-order valence-electron chi connectivity index (χ1n) is 8.41. The molecule has 0 atom stereocenters. The number of halogens is 1. The summed E-state index contributed by atoms with van der Waals surface area (Å²) in [5.74, 6) is -1.76. The predicted molar refractivity (Wildman–Crippen MR) is 107 cm³/mol. The monoisotopic (exact) mass is 468 g/mol. The van der Waals surface area contributed by atoms with Gasteiger partial charge in [-0.3, -0.25) is 0 Å². The number of methoxy groups -OCH3 is 2. The topological polar surface area (TPSA) is 112 Å². The number of rotatable bonds is 7. The zero-order valence-corrected chi connectivity index (χ0v) is 18.2. The zero-order chi connectivity index (χ0) is 21.9. The van der Waals surface area contributed by atoms with Crippen LogP contribution in [-0.2, 0) is 4.74 Å². The van der Waals surface area contributed by atoms with Crippen molar-refractivity contribution in [2.24, 2.45) is 0 Å². The molecule has 0 saturated heterocycles. The molecule has 0 saturated carbocycles. The standard InChI is InChI=1S/C20H21BrO8/c1-9-6-12(28-8-26-4)7-13(27-5)14(9)20(25)29-18-10(2)16(21)15(19(23)24)17(22)11(18)3/h6-7,22H,8H2,1-5H3,(H,23,24). The van der Waals surface area contributed by atoms with Gasteiger partial charge >= 0.3 is 11.9 Å². The number of esters is 1. The van der Waals surface area contributed by atoms with Gasteiger partial charge < -0.3 is 29.2 Å². The fourth-order valence-electron chi connectivity index (χ4n) is 2.82. The maximum atomic E-state index is 12.9. The Hall–Kier alpha value is -2.78. The molecule has 2 N–H and O–H groups in total. The minimum absolute atomic E-state index is 0.0357. The number of benzene rings is 2. The SMILES string of the molecule is COCOc1cc(C)c(C(=O)Oc2c(C)c(O)c(C(=O)O)c(Br)c2C)c(OC)c1. The smallest absolute Gasteiger partial charge is 0.347 e. The van der Waals surface area contributed by atoms with Crippen molar-refractivity contribution in [3.8, 4) is 23.0 Å². The molecule has 0 aliphatic rings. The lowest BCUT2D eigenvalue weighted by Gasteiger charge is -2.18. The van der Waals surface area contributed by atoms with Crippen molar-refractivity contribution in [2.45, 2.75) is 20.8 Å². The van der Waals surface area contributed by atoms with Crippen molar-refractivity contribution in [3.05, 3.63) is 44.4 Å². The maximum Gasteiger partial charge on any atom is 0.347 e. The van der Waals surface area contributed by atoms with Crippen LogP contribution in [0, 0.1) is 20.8 Å². The molecule has 0 aromatic heterocycles. The molecule has 0 fully saturated rings. The van der Waals surface area contributed by atoms with Crippen molar-refractivity contribution in [1.29, 1.82) is 0 Å². The Morgan fingerprint density at radius 1 is 1.07 bits per heavy atom. The van der Waals surface area contributed by atoms with Crippen LogP contribution < -0.4 is 14.2 Å². The lowest BCUT2D eigenvalue weighted by Crippen LogP contribution is -2.15. The molecule has 0 amide bonds. The van der Waals surface area contributed by atoms with Gasteiger partial charge in [0.15, 0.2) is 6.79 Å². The second kappa shape index (κ2) is 9.15. The first-order valence-corrected chi connectivity index (χ1v) is 9.20. The van der Waals surface area contributed by atoms with Crippen LogP contribution in [0.15, 0.2) is 16.6 Å². The number of aryl methyl sites for hydroxylation is 1. The molecule has 2 rings (SSSR count). The molecule has 2 aromatic carbocycles. The van der Waals surface area contributed by atoms with Crippen molar-refractivity contribution >= 4 is 27.9 Å². The predicted octanol–water partition coefficient (Wildman–Crippen LogP) is 3.99. The van der Waals surface area contributed by atoms with Crippen molar-refractivity contribution in [3.63, 3.8) is 0 Å². The molecule has 0 aliphatic carbocycles. The van der Waals surface area contributed by atoms with E-state index in [2.05, 4.69) is 15.9 Å². The molecule has 0 unspecified atom stereocenters. The molecular weight excluding hydrogens is 448 g/mol. The Labute approximate surface area is 176 Å². The third-order valence-corrected chi connectivity index (χ3v) is 5.26. The third kappa shape index (κ3) is 4.46. The number of phenols is 1. The van der Waals surface area contributed by atoms with Crippen LogP contribution in [0.5, 0.6) is 23.0 Å². The number of hydrogen-bond donors (Lipinski definition) is 2. The van der Waals surface area contributed by atoms with Gasteiger partial charge in [0.25, 0.3) is 0 Å². The summed E-state index contributed by atoms with van der Waals surface area (Å²) in [5.41, 5.74) is 0.916. The van der Waals surface area contributed by atoms with Crippen LogP contribution in [0.4, 0.5) is 0 Å². The Balaban J connectivity index is 2.49. The Kier molecular flexibility index (Phi) is 7.10. The highest BCUT2D eigenvalue weighted by atomic mass is 79.9. The number of carboxylic acids is 1. The molecule has 0 bridgehead atoms. The lowest BCUT2D eigenvalue weighted by atomic mass is 10.0. The second-order valence-electron chi connectivity index (χ2n) is 6.18. The second-order valence-corrected chi connectivity index (χ2v) is 6.97. The van der Waals surface area contributed by atoms with E-state index in [4.69, 9.17) is 18.9 Å². The van der Waals surface area contributed by atoms with Gasteiger partial charge in [0.1, 0.15) is 34.1 Å². The van der Waals surface area contributed by atoms with E-state index >= 15 is 0 Å². The van der Waals surface area contributed by atoms with E-state index in [-0.39, 0.29) is 39.5 Å². The van der Waals surface area contributed by atoms with E-state index in [0.29, 0.717) is 16.9 Å². The van der Waals surface area contributed by atoms with Crippen LogP contribution in [0.2, 0.25) is 0 Å². The lowest BCUT2D eigenvalue weighted by molar-refractivity contribution is 0.0509. The van der Waals surface area contributed by atoms with E-state index < -0.39 is 17.7 Å². The quantitative estimate of drug-likeness (QED) is 0.356. The minimum Gasteiger partial charge on any atom is -0.507 e. The molecule has 9 heteroatoms. The van der Waals surface area contributed by atoms with Gasteiger partial charge in [0.05, 0.1) is 7.11 Å². The summed E-state index contributed by atoms with van der Waals surface area (Å²) in [6, 6.07) is 3.17. The van der Waals surface area contributed by atoms with Gasteiger partial charge in [0, 0.05) is 28.8 Å². The van der Waals surface area contributed by atoms with Crippen LogP contribution in [0.25, 0.3) is 0 Å². The van der Waals surface area contributed by atoms with Crippen molar-refractivity contribution in [1.82, 2.24) is 0 Å². The molecule has 156 valence electrons. The summed E-state index contributed by atoms with van der Waals surface area (Å²) < 4.78 is 21.2. The molecule has 0 spiro atoms. The summed E-state index contributed by atoms with van der Waals surface area (Å²) in [4.78, 5) is 24.3. The highest BCUT2D eigenvalue weighted by Gasteiger charge is 2.27. The van der Waals surface area contributed by atoms with Crippen LogP contribution >= 0.6 is 15.9 Å². The largest absolute Gasteiger partial charge is 0.507 e. The Morgan fingerprint density at radius 3 is 2.28 bits per heavy atom. The van der Waals surface area contributed by atoms with Gasteiger partial charge in [-0.25, -0.2) is 9.59 Å². The maximum absolute atomic E-state index is 12.9. The number of carbonyl (C=O) groups excluding carboxylic acids is 1. The van der Waals surface area contributed by atoms with Crippen LogP contribution in [0.3, 0.4) is 0 Å². The minimum atomic E-state index is -1.30. The van der Waals surface area contributed by atoms with E-state index in [1.54, 1.807) is 19.9 Å². The first-order chi connectivity index (χ1) is 13.6. The van der Waals surface area contributed by atoms with Crippen molar-refractivity contribution < 1.29 is 38.7 Å². The van der Waals surface area contributed by atoms with Gasteiger partial charge in [-0.1, -0.05) is 0 Å². The normalized spacial score (nSPS) is 10.6. The van der Waals surface area contributed by atoms with Gasteiger partial charge in [-0.2, -0.15) is 0 Å².